The topological polar surface area (TPSA) is 29.5 Å². The van der Waals surface area contributed by atoms with Gasteiger partial charge in [-0.15, -0.1) is 0 Å². The molecule has 2 atom stereocenters. The number of halogens is 3. The van der Waals surface area contributed by atoms with Crippen molar-refractivity contribution < 1.29 is 22.7 Å². The summed E-state index contributed by atoms with van der Waals surface area (Å²) < 4.78 is 42.7. The average molecular weight is 299 g/mol. The van der Waals surface area contributed by atoms with Crippen molar-refractivity contribution in [2.75, 3.05) is 26.3 Å². The Bertz CT molecular complexity index is 521. The number of carbonyl (C=O) groups excluding carboxylic acids is 1. The molecule has 0 radical (unpaired) electrons. The van der Waals surface area contributed by atoms with E-state index in [0.717, 1.165) is 24.1 Å². The van der Waals surface area contributed by atoms with Gasteiger partial charge in [0.25, 0.3) is 0 Å². The minimum Gasteiger partial charge on any atom is -0.378 e. The lowest BCUT2D eigenvalue weighted by molar-refractivity contribution is -0.138. The highest BCUT2D eigenvalue weighted by atomic mass is 19.4. The van der Waals surface area contributed by atoms with Gasteiger partial charge >= 0.3 is 6.18 Å². The van der Waals surface area contributed by atoms with Crippen LogP contribution in [0, 0.1) is 5.92 Å². The molecule has 21 heavy (non-hydrogen) atoms. The molecule has 3 nitrogen and oxygen atoms in total. The maximum absolute atomic E-state index is 12.5. The molecule has 3 rings (SSSR count). The molecule has 0 aromatic heterocycles. The number of amides is 1. The Kier molecular flexibility index (Phi) is 3.65. The van der Waals surface area contributed by atoms with Crippen LogP contribution in [0.15, 0.2) is 24.3 Å². The van der Waals surface area contributed by atoms with Crippen molar-refractivity contribution in [2.45, 2.75) is 18.5 Å². The molecule has 2 fully saturated rings. The first-order chi connectivity index (χ1) is 9.97. The molecule has 1 aliphatic heterocycles. The van der Waals surface area contributed by atoms with E-state index in [1.165, 1.54) is 12.1 Å². The zero-order valence-corrected chi connectivity index (χ0v) is 11.4. The summed E-state index contributed by atoms with van der Waals surface area (Å²) in [5, 5.41) is 0. The third kappa shape index (κ3) is 3.05. The summed E-state index contributed by atoms with van der Waals surface area (Å²) in [6.07, 6.45) is -3.59. The zero-order valence-electron chi connectivity index (χ0n) is 11.4. The second-order valence-corrected chi connectivity index (χ2v) is 5.51. The molecule has 1 aromatic carbocycles. The molecule has 0 N–H and O–H groups in total. The van der Waals surface area contributed by atoms with Gasteiger partial charge in [-0.3, -0.25) is 4.79 Å². The quantitative estimate of drug-likeness (QED) is 0.840. The molecule has 2 unspecified atom stereocenters. The number of ether oxygens (including phenoxy) is 1. The van der Waals surface area contributed by atoms with E-state index in [1.807, 2.05) is 0 Å². The first kappa shape index (κ1) is 14.4. The molecule has 2 aliphatic rings. The number of carbonyl (C=O) groups is 1. The Morgan fingerprint density at radius 3 is 2.33 bits per heavy atom. The van der Waals surface area contributed by atoms with E-state index in [9.17, 15) is 18.0 Å². The van der Waals surface area contributed by atoms with Gasteiger partial charge in [0.1, 0.15) is 0 Å². The lowest BCUT2D eigenvalue weighted by Gasteiger charge is -2.27. The molecule has 0 spiro atoms. The molecule has 0 bridgehead atoms. The normalized spacial score (nSPS) is 25.8. The van der Waals surface area contributed by atoms with Crippen LogP contribution in [0.1, 0.15) is 23.5 Å². The third-order valence-electron chi connectivity index (χ3n) is 4.10. The first-order valence-electron chi connectivity index (χ1n) is 7.00. The fraction of sp³-hybridized carbons (Fsp3) is 0.533. The fourth-order valence-corrected chi connectivity index (χ4v) is 2.77. The molecule has 1 saturated carbocycles. The van der Waals surface area contributed by atoms with E-state index in [0.29, 0.717) is 26.3 Å². The molecule has 1 heterocycles. The van der Waals surface area contributed by atoms with Crippen molar-refractivity contribution in [3.05, 3.63) is 35.4 Å². The maximum atomic E-state index is 12.5. The third-order valence-corrected chi connectivity index (χ3v) is 4.10. The molecule has 1 aromatic rings. The van der Waals surface area contributed by atoms with Crippen LogP contribution in [0.25, 0.3) is 0 Å². The number of hydrogen-bond acceptors (Lipinski definition) is 2. The van der Waals surface area contributed by atoms with Crippen LogP contribution >= 0.6 is 0 Å². The Hall–Kier alpha value is -1.56. The van der Waals surface area contributed by atoms with E-state index in [-0.39, 0.29) is 17.7 Å². The summed E-state index contributed by atoms with van der Waals surface area (Å²) in [5.41, 5.74) is 0.164. The SMILES string of the molecule is O=C(C1CC1c1ccc(C(F)(F)F)cc1)N1CCOCC1. The highest BCUT2D eigenvalue weighted by molar-refractivity contribution is 5.83. The van der Waals surface area contributed by atoms with E-state index in [4.69, 9.17) is 4.74 Å². The van der Waals surface area contributed by atoms with Crippen LogP contribution in [0.4, 0.5) is 13.2 Å². The average Bonchev–Trinajstić information content (AvgIpc) is 3.27. The molecular weight excluding hydrogens is 283 g/mol. The number of benzene rings is 1. The van der Waals surface area contributed by atoms with Crippen LogP contribution in [-0.2, 0) is 15.7 Å². The Morgan fingerprint density at radius 1 is 1.14 bits per heavy atom. The van der Waals surface area contributed by atoms with Gasteiger partial charge in [0.05, 0.1) is 18.8 Å². The van der Waals surface area contributed by atoms with Gasteiger partial charge in [-0.05, 0) is 30.0 Å². The summed E-state index contributed by atoms with van der Waals surface area (Å²) in [7, 11) is 0. The van der Waals surface area contributed by atoms with Gasteiger partial charge in [0, 0.05) is 19.0 Å². The van der Waals surface area contributed by atoms with Crippen molar-refractivity contribution in [1.29, 1.82) is 0 Å². The molecule has 1 amide bonds. The van der Waals surface area contributed by atoms with Crippen LogP contribution in [0.2, 0.25) is 0 Å². The maximum Gasteiger partial charge on any atom is 0.416 e. The zero-order chi connectivity index (χ0) is 15.0. The lowest BCUT2D eigenvalue weighted by Crippen LogP contribution is -2.41. The summed E-state index contributed by atoms with van der Waals surface area (Å²) in [4.78, 5) is 14.1. The fourth-order valence-electron chi connectivity index (χ4n) is 2.77. The second-order valence-electron chi connectivity index (χ2n) is 5.51. The smallest absolute Gasteiger partial charge is 0.378 e. The predicted molar refractivity (Wildman–Crippen MR) is 69.7 cm³/mol. The van der Waals surface area contributed by atoms with Crippen molar-refractivity contribution in [3.63, 3.8) is 0 Å². The monoisotopic (exact) mass is 299 g/mol. The van der Waals surface area contributed by atoms with Gasteiger partial charge in [-0.25, -0.2) is 0 Å². The first-order valence-corrected chi connectivity index (χ1v) is 7.00. The van der Waals surface area contributed by atoms with Crippen molar-refractivity contribution in [2.24, 2.45) is 5.92 Å². The molecule has 1 saturated heterocycles. The van der Waals surface area contributed by atoms with E-state index < -0.39 is 11.7 Å². The number of morpholine rings is 1. The highest BCUT2D eigenvalue weighted by Crippen LogP contribution is 2.48. The molecule has 114 valence electrons. The summed E-state index contributed by atoms with van der Waals surface area (Å²) in [5.74, 6) is 0.0747. The van der Waals surface area contributed by atoms with Gasteiger partial charge in [0.15, 0.2) is 0 Å². The van der Waals surface area contributed by atoms with E-state index >= 15 is 0 Å². The Morgan fingerprint density at radius 2 is 1.76 bits per heavy atom. The predicted octanol–water partition coefficient (Wildman–Crippen LogP) is 2.67. The van der Waals surface area contributed by atoms with Crippen LogP contribution in [0.3, 0.4) is 0 Å². The number of alkyl halides is 3. The Balaban J connectivity index is 1.63. The lowest BCUT2D eigenvalue weighted by atomic mass is 10.1. The highest BCUT2D eigenvalue weighted by Gasteiger charge is 2.46. The van der Waals surface area contributed by atoms with Crippen molar-refractivity contribution >= 4 is 5.91 Å². The van der Waals surface area contributed by atoms with Gasteiger partial charge in [-0.1, -0.05) is 12.1 Å². The van der Waals surface area contributed by atoms with Crippen LogP contribution in [0.5, 0.6) is 0 Å². The minimum atomic E-state index is -4.31. The minimum absolute atomic E-state index is 0.0580. The number of hydrogen-bond donors (Lipinski definition) is 0. The van der Waals surface area contributed by atoms with Crippen LogP contribution < -0.4 is 0 Å². The standard InChI is InChI=1S/C15H16F3NO2/c16-15(17,18)11-3-1-10(2-4-11)12-9-13(12)14(20)19-5-7-21-8-6-19/h1-4,12-13H,5-9H2. The van der Waals surface area contributed by atoms with E-state index in [2.05, 4.69) is 0 Å². The largest absolute Gasteiger partial charge is 0.416 e. The Labute approximate surface area is 120 Å². The van der Waals surface area contributed by atoms with Crippen molar-refractivity contribution in [1.82, 2.24) is 4.90 Å². The summed E-state index contributed by atoms with van der Waals surface area (Å²) in [6, 6.07) is 5.15. The number of nitrogens with zero attached hydrogens (tertiary/aromatic N) is 1. The summed E-state index contributed by atoms with van der Waals surface area (Å²) >= 11 is 0. The van der Waals surface area contributed by atoms with E-state index in [1.54, 1.807) is 4.90 Å². The molecule has 6 heteroatoms. The summed E-state index contributed by atoms with van der Waals surface area (Å²) in [6.45, 7) is 2.33. The second kappa shape index (κ2) is 5.33. The number of rotatable bonds is 2. The van der Waals surface area contributed by atoms with Gasteiger partial charge in [-0.2, -0.15) is 13.2 Å². The van der Waals surface area contributed by atoms with Gasteiger partial charge < -0.3 is 9.64 Å². The van der Waals surface area contributed by atoms with Crippen LogP contribution in [-0.4, -0.2) is 37.1 Å². The van der Waals surface area contributed by atoms with Gasteiger partial charge in [0.2, 0.25) is 5.91 Å². The molecular formula is C15H16F3NO2. The molecule has 1 aliphatic carbocycles. The van der Waals surface area contributed by atoms with Crippen molar-refractivity contribution in [3.8, 4) is 0 Å².